The fourth-order valence-corrected chi connectivity index (χ4v) is 4.92. The van der Waals surface area contributed by atoms with Gasteiger partial charge in [-0.2, -0.15) is 5.26 Å². The molecular formula is C21H21N5O2S. The Morgan fingerprint density at radius 1 is 1.24 bits per heavy atom. The molecule has 7 nitrogen and oxygen atoms in total. The van der Waals surface area contributed by atoms with Crippen LogP contribution in [0.5, 0.6) is 0 Å². The van der Waals surface area contributed by atoms with Crippen molar-refractivity contribution in [2.75, 3.05) is 11.4 Å². The Hall–Kier alpha value is -3.15. The highest BCUT2D eigenvalue weighted by molar-refractivity contribution is 7.89. The zero-order valence-electron chi connectivity index (χ0n) is 16.0. The Bertz CT molecular complexity index is 1170. The number of anilines is 1. The van der Waals surface area contributed by atoms with Crippen LogP contribution in [0, 0.1) is 11.3 Å². The smallest absolute Gasteiger partial charge is 0.240 e. The average Bonchev–Trinajstić information content (AvgIpc) is 3.12. The van der Waals surface area contributed by atoms with Crippen LogP contribution in [0.4, 0.5) is 5.69 Å². The lowest BCUT2D eigenvalue weighted by Gasteiger charge is -2.36. The van der Waals surface area contributed by atoms with Crippen molar-refractivity contribution in [1.29, 1.82) is 5.26 Å². The molecule has 0 bridgehead atoms. The van der Waals surface area contributed by atoms with Crippen LogP contribution in [0.2, 0.25) is 0 Å². The highest BCUT2D eigenvalue weighted by atomic mass is 32.2. The summed E-state index contributed by atoms with van der Waals surface area (Å²) < 4.78 is 30.4. The number of aryl methyl sites for hydroxylation is 1. The van der Waals surface area contributed by atoms with Crippen molar-refractivity contribution < 1.29 is 8.42 Å². The number of hydrogen-bond donors (Lipinski definition) is 1. The molecule has 148 valence electrons. The van der Waals surface area contributed by atoms with Crippen LogP contribution in [0.25, 0.3) is 0 Å². The molecule has 8 heteroatoms. The fourth-order valence-electron chi connectivity index (χ4n) is 3.67. The standard InChI is InChI=1S/C21H21N5O2S/c1-25-15-23-12-19(25)14-26-13-18(10-17-9-16(11-22)7-8-21(17)26)24-29(27,28)20-5-3-2-4-6-20/h2-9,12,15,18,24H,10,13-14H2,1H3. The van der Waals surface area contributed by atoms with Crippen molar-refractivity contribution in [2.24, 2.45) is 7.05 Å². The maximum absolute atomic E-state index is 12.8. The molecule has 1 unspecified atom stereocenters. The second kappa shape index (κ2) is 7.70. The van der Waals surface area contributed by atoms with Crippen molar-refractivity contribution in [2.45, 2.75) is 23.9 Å². The van der Waals surface area contributed by atoms with Crippen molar-refractivity contribution in [1.82, 2.24) is 14.3 Å². The summed E-state index contributed by atoms with van der Waals surface area (Å²) in [6, 6.07) is 15.8. The lowest BCUT2D eigenvalue weighted by Crippen LogP contribution is -2.48. The van der Waals surface area contributed by atoms with Crippen molar-refractivity contribution >= 4 is 15.7 Å². The lowest BCUT2D eigenvalue weighted by atomic mass is 9.96. The van der Waals surface area contributed by atoms with Gasteiger partial charge in [-0.25, -0.2) is 18.1 Å². The quantitative estimate of drug-likeness (QED) is 0.700. The minimum absolute atomic E-state index is 0.245. The van der Waals surface area contributed by atoms with Gasteiger partial charge in [0.1, 0.15) is 0 Å². The van der Waals surface area contributed by atoms with Crippen LogP contribution < -0.4 is 9.62 Å². The zero-order chi connectivity index (χ0) is 20.4. The minimum Gasteiger partial charge on any atom is -0.364 e. The van der Waals surface area contributed by atoms with E-state index in [0.29, 0.717) is 25.1 Å². The van der Waals surface area contributed by atoms with Crippen molar-refractivity contribution in [3.05, 3.63) is 77.9 Å². The number of nitrogens with one attached hydrogen (secondary N) is 1. The third kappa shape index (κ3) is 4.01. The zero-order valence-corrected chi connectivity index (χ0v) is 16.8. The third-order valence-electron chi connectivity index (χ3n) is 5.10. The number of nitriles is 1. The number of imidazole rings is 1. The van der Waals surface area contributed by atoms with Gasteiger partial charge in [-0.1, -0.05) is 18.2 Å². The number of sulfonamides is 1. The van der Waals surface area contributed by atoms with Gasteiger partial charge in [-0.3, -0.25) is 0 Å². The second-order valence-corrected chi connectivity index (χ2v) is 8.88. The van der Waals surface area contributed by atoms with Gasteiger partial charge in [0.2, 0.25) is 10.0 Å². The van der Waals surface area contributed by atoms with Gasteiger partial charge < -0.3 is 9.47 Å². The summed E-state index contributed by atoms with van der Waals surface area (Å²) in [6.07, 6.45) is 4.08. The molecule has 2 aromatic carbocycles. The molecule has 1 aliphatic rings. The second-order valence-electron chi connectivity index (χ2n) is 7.17. The third-order valence-corrected chi connectivity index (χ3v) is 6.64. The molecule has 1 atom stereocenters. The van der Waals surface area contributed by atoms with E-state index in [1.54, 1.807) is 48.9 Å². The molecule has 0 saturated heterocycles. The number of benzene rings is 2. The molecule has 29 heavy (non-hydrogen) atoms. The normalized spacial score (nSPS) is 16.3. The predicted octanol–water partition coefficient (Wildman–Crippen LogP) is 2.20. The molecule has 3 aromatic rings. The molecule has 0 spiro atoms. The number of hydrogen-bond acceptors (Lipinski definition) is 5. The molecule has 1 aliphatic heterocycles. The SMILES string of the molecule is Cn1cncc1CN1CC(NS(=O)(=O)c2ccccc2)Cc2cc(C#N)ccc21. The number of aromatic nitrogens is 2. The van der Waals surface area contributed by atoms with Crippen LogP contribution in [0.1, 0.15) is 16.8 Å². The number of fused-ring (bicyclic) bond motifs is 1. The minimum atomic E-state index is -3.63. The van der Waals surface area contributed by atoms with Gasteiger partial charge >= 0.3 is 0 Å². The van der Waals surface area contributed by atoms with Crippen molar-refractivity contribution in [3.8, 4) is 6.07 Å². The Balaban J connectivity index is 1.65. The molecule has 2 heterocycles. The van der Waals surface area contributed by atoms with E-state index in [1.165, 1.54) is 0 Å². The largest absolute Gasteiger partial charge is 0.364 e. The van der Waals surface area contributed by atoms with Gasteiger partial charge in [0.15, 0.2) is 0 Å². The van der Waals surface area contributed by atoms with Crippen LogP contribution in [0.15, 0.2) is 66.0 Å². The van der Waals surface area contributed by atoms with Gasteiger partial charge in [-0.05, 0) is 42.3 Å². The van der Waals surface area contributed by atoms with E-state index in [4.69, 9.17) is 0 Å². The van der Waals surface area contributed by atoms with Gasteiger partial charge in [-0.15, -0.1) is 0 Å². The maximum Gasteiger partial charge on any atom is 0.240 e. The van der Waals surface area contributed by atoms with Gasteiger partial charge in [0.25, 0.3) is 0 Å². The fraction of sp³-hybridized carbons (Fsp3) is 0.238. The molecule has 1 N–H and O–H groups in total. The predicted molar refractivity (Wildman–Crippen MR) is 110 cm³/mol. The topological polar surface area (TPSA) is 91.0 Å². The van der Waals surface area contributed by atoms with E-state index in [1.807, 2.05) is 23.7 Å². The average molecular weight is 407 g/mol. The summed E-state index contributed by atoms with van der Waals surface area (Å²) in [5.41, 5.74) is 3.56. The van der Waals surface area contributed by atoms with E-state index in [9.17, 15) is 13.7 Å². The molecule has 4 rings (SSSR count). The van der Waals surface area contributed by atoms with Crippen LogP contribution >= 0.6 is 0 Å². The van der Waals surface area contributed by atoms with Crippen molar-refractivity contribution in [3.63, 3.8) is 0 Å². The molecule has 0 amide bonds. The number of rotatable bonds is 5. The Kier molecular flexibility index (Phi) is 5.09. The summed E-state index contributed by atoms with van der Waals surface area (Å²) in [6.45, 7) is 1.12. The molecule has 0 saturated carbocycles. The van der Waals surface area contributed by atoms with E-state index < -0.39 is 10.0 Å². The monoisotopic (exact) mass is 407 g/mol. The maximum atomic E-state index is 12.8. The van der Waals surface area contributed by atoms with E-state index in [2.05, 4.69) is 20.7 Å². The first-order valence-electron chi connectivity index (χ1n) is 9.27. The first-order chi connectivity index (χ1) is 14.0. The molecule has 0 aliphatic carbocycles. The lowest BCUT2D eigenvalue weighted by molar-refractivity contribution is 0.522. The van der Waals surface area contributed by atoms with Crippen LogP contribution in [0.3, 0.4) is 0 Å². The molecule has 1 aromatic heterocycles. The van der Waals surface area contributed by atoms with Gasteiger partial charge in [0.05, 0.1) is 35.1 Å². The van der Waals surface area contributed by atoms with Crippen LogP contribution in [-0.4, -0.2) is 30.6 Å². The molecular weight excluding hydrogens is 386 g/mol. The summed E-state index contributed by atoms with van der Waals surface area (Å²) in [5.74, 6) is 0. The van der Waals surface area contributed by atoms with E-state index in [-0.39, 0.29) is 10.9 Å². The summed E-state index contributed by atoms with van der Waals surface area (Å²) in [5, 5.41) is 9.26. The first kappa shape index (κ1) is 19.2. The van der Waals surface area contributed by atoms with E-state index >= 15 is 0 Å². The Morgan fingerprint density at radius 3 is 2.72 bits per heavy atom. The molecule has 0 fully saturated rings. The highest BCUT2D eigenvalue weighted by Crippen LogP contribution is 2.30. The van der Waals surface area contributed by atoms with Crippen LogP contribution in [-0.2, 0) is 30.0 Å². The highest BCUT2D eigenvalue weighted by Gasteiger charge is 2.29. The summed E-state index contributed by atoms with van der Waals surface area (Å²) >= 11 is 0. The Labute approximate surface area is 170 Å². The number of nitrogens with zero attached hydrogens (tertiary/aromatic N) is 4. The van der Waals surface area contributed by atoms with Gasteiger partial charge in [0, 0.05) is 31.5 Å². The van der Waals surface area contributed by atoms with E-state index in [0.717, 1.165) is 16.9 Å². The molecule has 0 radical (unpaired) electrons. The summed E-state index contributed by atoms with van der Waals surface area (Å²) in [7, 11) is -1.70. The summed E-state index contributed by atoms with van der Waals surface area (Å²) in [4.78, 5) is 6.55. The first-order valence-corrected chi connectivity index (χ1v) is 10.7. The Morgan fingerprint density at radius 2 is 2.03 bits per heavy atom.